The van der Waals surface area contributed by atoms with Gasteiger partial charge < -0.3 is 9.84 Å². The summed E-state index contributed by atoms with van der Waals surface area (Å²) in [6, 6.07) is 11.6. The van der Waals surface area contributed by atoms with Crippen LogP contribution in [-0.4, -0.2) is 52.0 Å². The van der Waals surface area contributed by atoms with Crippen molar-refractivity contribution < 1.29 is 14.6 Å². The molecule has 0 bridgehead atoms. The highest BCUT2D eigenvalue weighted by molar-refractivity contribution is 9.10. The van der Waals surface area contributed by atoms with E-state index in [9.17, 15) is 9.90 Å². The van der Waals surface area contributed by atoms with E-state index in [1.54, 1.807) is 12.3 Å². The summed E-state index contributed by atoms with van der Waals surface area (Å²) in [7, 11) is 0. The summed E-state index contributed by atoms with van der Waals surface area (Å²) < 4.78 is 7.74. The molecule has 6 nitrogen and oxygen atoms in total. The number of halogens is 1. The van der Waals surface area contributed by atoms with Crippen molar-refractivity contribution in [1.29, 1.82) is 0 Å². The van der Waals surface area contributed by atoms with Gasteiger partial charge >= 0.3 is 6.09 Å². The van der Waals surface area contributed by atoms with Gasteiger partial charge in [-0.15, -0.1) is 0 Å². The Hall–Kier alpha value is -2.22. The van der Waals surface area contributed by atoms with E-state index in [0.29, 0.717) is 25.3 Å². The first-order chi connectivity index (χ1) is 12.6. The number of hydrogen-bond donors (Lipinski definition) is 1. The highest BCUT2D eigenvalue weighted by Gasteiger charge is 2.20. The van der Waals surface area contributed by atoms with Crippen molar-refractivity contribution in [3.8, 4) is 11.3 Å². The predicted octanol–water partition coefficient (Wildman–Crippen LogP) is 3.82. The minimum Gasteiger partial charge on any atom is -0.464 e. The van der Waals surface area contributed by atoms with Gasteiger partial charge in [0.05, 0.1) is 24.4 Å². The topological polar surface area (TPSA) is 67.6 Å². The van der Waals surface area contributed by atoms with E-state index >= 15 is 0 Å². The zero-order valence-corrected chi connectivity index (χ0v) is 15.6. The zero-order valence-electron chi connectivity index (χ0n) is 14.1. The lowest BCUT2D eigenvalue weighted by Crippen LogP contribution is -2.36. The molecule has 0 amide bonds. The molecule has 1 aromatic carbocycles. The Kier molecular flexibility index (Phi) is 4.76. The fraction of sp³-hybridized carbons (Fsp3) is 0.263. The first-order valence-electron chi connectivity index (χ1n) is 8.42. The smallest absolute Gasteiger partial charge is 0.416 e. The average molecular weight is 416 g/mol. The van der Waals surface area contributed by atoms with Crippen LogP contribution in [0.2, 0.25) is 0 Å². The molecule has 1 fully saturated rings. The number of rotatable bonds is 3. The molecule has 0 atom stereocenters. The number of ether oxygens (including phenoxy) is 1. The molecule has 0 saturated carbocycles. The summed E-state index contributed by atoms with van der Waals surface area (Å²) in [5.74, 6) is 0. The fourth-order valence-corrected chi connectivity index (χ4v) is 3.62. The van der Waals surface area contributed by atoms with Crippen LogP contribution < -0.4 is 0 Å². The number of nitrogens with zero attached hydrogens (tertiary/aromatic N) is 3. The number of carboxylic acid groups (broad SMARTS) is 1. The highest BCUT2D eigenvalue weighted by Crippen LogP contribution is 2.30. The van der Waals surface area contributed by atoms with Crippen LogP contribution >= 0.6 is 15.9 Å². The Labute approximate surface area is 159 Å². The largest absolute Gasteiger partial charge is 0.464 e. The maximum absolute atomic E-state index is 11.9. The Balaban J connectivity index is 1.82. The summed E-state index contributed by atoms with van der Waals surface area (Å²) in [5.41, 5.74) is 3.16. The molecule has 4 rings (SSSR count). The van der Waals surface area contributed by atoms with Gasteiger partial charge in [0.25, 0.3) is 0 Å². The molecule has 0 aliphatic carbocycles. The normalized spacial score (nSPS) is 15.4. The third kappa shape index (κ3) is 3.25. The van der Waals surface area contributed by atoms with E-state index < -0.39 is 6.09 Å². The molecule has 1 aliphatic rings. The molecule has 3 heterocycles. The van der Waals surface area contributed by atoms with Crippen molar-refractivity contribution in [2.75, 3.05) is 26.3 Å². The molecule has 7 heteroatoms. The van der Waals surface area contributed by atoms with Crippen LogP contribution in [0.1, 0.15) is 5.69 Å². The lowest BCUT2D eigenvalue weighted by molar-refractivity contribution is 0.0333. The predicted molar refractivity (Wildman–Crippen MR) is 102 cm³/mol. The third-order valence-corrected chi connectivity index (χ3v) is 5.13. The maximum Gasteiger partial charge on any atom is 0.416 e. The molecule has 3 aromatic rings. The summed E-state index contributed by atoms with van der Waals surface area (Å²) >= 11 is 3.44. The zero-order chi connectivity index (χ0) is 18.1. The van der Waals surface area contributed by atoms with Crippen LogP contribution in [0.5, 0.6) is 0 Å². The van der Waals surface area contributed by atoms with Gasteiger partial charge in [-0.3, -0.25) is 9.88 Å². The second-order valence-corrected chi connectivity index (χ2v) is 7.16. The van der Waals surface area contributed by atoms with Gasteiger partial charge in [0.1, 0.15) is 0 Å². The molecule has 0 spiro atoms. The monoisotopic (exact) mass is 415 g/mol. The highest BCUT2D eigenvalue weighted by atomic mass is 79.9. The molecular formula is C19H18BrN3O3. The van der Waals surface area contributed by atoms with Crippen LogP contribution in [0.25, 0.3) is 22.2 Å². The van der Waals surface area contributed by atoms with Gasteiger partial charge in [0, 0.05) is 46.9 Å². The molecule has 26 heavy (non-hydrogen) atoms. The molecular weight excluding hydrogens is 398 g/mol. The van der Waals surface area contributed by atoms with E-state index in [4.69, 9.17) is 4.74 Å². The van der Waals surface area contributed by atoms with Gasteiger partial charge in [-0.1, -0.05) is 28.1 Å². The number of carbonyl (C=O) groups is 1. The standard InChI is InChI=1S/C19H18BrN3O3/c20-14-3-1-13(2-4-14)18-16-11-15(12-22-7-9-26-10-8-22)23(19(24)25)17(16)5-6-21-18/h1-6,11H,7-10,12H2,(H,24,25). The van der Waals surface area contributed by atoms with E-state index in [2.05, 4.69) is 25.8 Å². The maximum atomic E-state index is 11.9. The van der Waals surface area contributed by atoms with Crippen molar-refractivity contribution in [3.05, 3.63) is 52.8 Å². The molecule has 1 saturated heterocycles. The van der Waals surface area contributed by atoms with Crippen molar-refractivity contribution >= 4 is 32.9 Å². The van der Waals surface area contributed by atoms with Crippen LogP contribution in [0, 0.1) is 0 Å². The van der Waals surface area contributed by atoms with E-state index in [-0.39, 0.29) is 0 Å². The molecule has 0 unspecified atom stereocenters. The van der Waals surface area contributed by atoms with Crippen LogP contribution in [0.4, 0.5) is 4.79 Å². The van der Waals surface area contributed by atoms with Crippen LogP contribution in [0.3, 0.4) is 0 Å². The van der Waals surface area contributed by atoms with E-state index in [1.807, 2.05) is 30.3 Å². The third-order valence-electron chi connectivity index (χ3n) is 4.60. The number of fused-ring (bicyclic) bond motifs is 1. The van der Waals surface area contributed by atoms with Crippen molar-refractivity contribution in [2.24, 2.45) is 0 Å². The molecule has 0 radical (unpaired) electrons. The Morgan fingerprint density at radius 2 is 1.92 bits per heavy atom. The van der Waals surface area contributed by atoms with Gasteiger partial charge in [-0.2, -0.15) is 0 Å². The fourth-order valence-electron chi connectivity index (χ4n) is 3.35. The Bertz CT molecular complexity index is 947. The lowest BCUT2D eigenvalue weighted by atomic mass is 10.1. The minimum atomic E-state index is -0.976. The summed E-state index contributed by atoms with van der Waals surface area (Å²) in [6.07, 6.45) is 0.689. The second-order valence-electron chi connectivity index (χ2n) is 6.24. The van der Waals surface area contributed by atoms with Gasteiger partial charge in [-0.25, -0.2) is 9.36 Å². The van der Waals surface area contributed by atoms with E-state index in [0.717, 1.165) is 39.9 Å². The number of benzene rings is 1. The van der Waals surface area contributed by atoms with Crippen molar-refractivity contribution in [2.45, 2.75) is 6.54 Å². The van der Waals surface area contributed by atoms with Crippen LogP contribution in [-0.2, 0) is 11.3 Å². The second kappa shape index (κ2) is 7.19. The quantitative estimate of drug-likeness (QED) is 0.703. The van der Waals surface area contributed by atoms with Gasteiger partial charge in [0.15, 0.2) is 0 Å². The summed E-state index contributed by atoms with van der Waals surface area (Å²) in [5, 5.41) is 10.6. The molecule has 2 aromatic heterocycles. The molecule has 1 N–H and O–H groups in total. The van der Waals surface area contributed by atoms with Crippen molar-refractivity contribution in [3.63, 3.8) is 0 Å². The van der Waals surface area contributed by atoms with Gasteiger partial charge in [-0.05, 0) is 24.3 Å². The minimum absolute atomic E-state index is 0.574. The lowest BCUT2D eigenvalue weighted by Gasteiger charge is -2.26. The Morgan fingerprint density at radius 3 is 2.62 bits per heavy atom. The first-order valence-corrected chi connectivity index (χ1v) is 9.21. The average Bonchev–Trinajstić information content (AvgIpc) is 3.01. The summed E-state index contributed by atoms with van der Waals surface area (Å²) in [6.45, 7) is 3.54. The number of pyridine rings is 1. The SMILES string of the molecule is O=C(O)n1c(CN2CCOCC2)cc2c(-c3ccc(Br)cc3)nccc21. The number of aromatic nitrogens is 2. The van der Waals surface area contributed by atoms with Crippen molar-refractivity contribution in [1.82, 2.24) is 14.5 Å². The first kappa shape index (κ1) is 17.2. The Morgan fingerprint density at radius 1 is 1.19 bits per heavy atom. The van der Waals surface area contributed by atoms with Gasteiger partial charge in [0.2, 0.25) is 0 Å². The van der Waals surface area contributed by atoms with Crippen LogP contribution in [0.15, 0.2) is 47.1 Å². The molecule has 134 valence electrons. The number of hydrogen-bond acceptors (Lipinski definition) is 4. The molecule has 1 aliphatic heterocycles. The van der Waals surface area contributed by atoms with E-state index in [1.165, 1.54) is 4.57 Å². The number of morpholine rings is 1. The summed E-state index contributed by atoms with van der Waals surface area (Å²) in [4.78, 5) is 18.6.